The molecule has 0 radical (unpaired) electrons. The van der Waals surface area contributed by atoms with Gasteiger partial charge in [0.15, 0.2) is 12.4 Å². The van der Waals surface area contributed by atoms with Crippen molar-refractivity contribution in [3.8, 4) is 11.1 Å². The number of rotatable bonds is 16. The van der Waals surface area contributed by atoms with E-state index in [9.17, 15) is 38.4 Å². The fourth-order valence-electron chi connectivity index (χ4n) is 6.10. The minimum atomic E-state index is -0.648. The molecule has 1 saturated heterocycles. The molecule has 0 aromatic heterocycles. The molecule has 16 nitrogen and oxygen atoms in total. The fourth-order valence-corrected chi connectivity index (χ4v) is 6.10. The van der Waals surface area contributed by atoms with Gasteiger partial charge < -0.3 is 44.2 Å². The molecule has 2 aliphatic rings. The first-order chi connectivity index (χ1) is 30.3. The maximum Gasteiger partial charge on any atom is 0.407 e. The molecule has 1 aliphatic heterocycles. The molecule has 1 heterocycles. The second-order valence-electron chi connectivity index (χ2n) is 13.7. The van der Waals surface area contributed by atoms with Gasteiger partial charge in [0, 0.05) is 37.9 Å². The lowest BCUT2D eigenvalue weighted by molar-refractivity contribution is -0.133. The van der Waals surface area contributed by atoms with Crippen molar-refractivity contribution in [3.63, 3.8) is 0 Å². The van der Waals surface area contributed by atoms with E-state index in [1.165, 1.54) is 39.1 Å². The second kappa shape index (κ2) is 37.0. The van der Waals surface area contributed by atoms with Gasteiger partial charge >= 0.3 is 12.2 Å². The van der Waals surface area contributed by atoms with Crippen LogP contribution in [0.5, 0.6) is 0 Å². The average Bonchev–Trinajstić information content (AvgIpc) is 4.01. The molecule has 16 heteroatoms. The molecule has 1 unspecified atom stereocenters. The topological polar surface area (TPSA) is 204 Å². The standard InChI is InChI=1S/C21H20O5.C9H14N2O4.C9H18N2O3.2C3H8.C2H6/c1-25-11-20(23)15-7-5-14(6-8-15)16-9-10-19(21(24)12-26-13-22)18-4-2-3-17(16)18;1-15-9(14)10-5-8(13)11-4-2-3-7(11)6-12;1-4-6-11(5-2)8(12)7-10-9(13)14-3;2*1-3-2;1-2/h5-10,13H,2-4,11-12H2,1H3;6-7H,2-5H2,1H3,(H,10,14);4-7H2,1-3H3,(H,10,13);2*3H2,1-2H3;1-2H3. The maximum absolute atomic E-state index is 12.3. The number of nitrogens with one attached hydrogen (secondary N) is 2. The van der Waals surface area contributed by atoms with Crippen LogP contribution in [-0.4, -0.2) is 131 Å². The van der Waals surface area contributed by atoms with E-state index < -0.39 is 12.2 Å². The highest BCUT2D eigenvalue weighted by Crippen LogP contribution is 2.35. The monoisotopic (exact) mass is 887 g/mol. The van der Waals surface area contributed by atoms with E-state index in [1.807, 2.05) is 45.9 Å². The van der Waals surface area contributed by atoms with Crippen molar-refractivity contribution in [1.82, 2.24) is 20.4 Å². The van der Waals surface area contributed by atoms with Crippen LogP contribution in [0.1, 0.15) is 126 Å². The zero-order chi connectivity index (χ0) is 48.2. The van der Waals surface area contributed by atoms with Crippen LogP contribution in [0.4, 0.5) is 9.59 Å². The quantitative estimate of drug-likeness (QED) is 0.0992. The summed E-state index contributed by atoms with van der Waals surface area (Å²) in [6.45, 7) is 18.4. The van der Waals surface area contributed by atoms with E-state index in [-0.39, 0.29) is 55.7 Å². The van der Waals surface area contributed by atoms with Gasteiger partial charge in [0.1, 0.15) is 26.0 Å². The summed E-state index contributed by atoms with van der Waals surface area (Å²) in [5, 5.41) is 4.64. The normalized spacial score (nSPS) is 12.6. The summed E-state index contributed by atoms with van der Waals surface area (Å²) in [4.78, 5) is 92.6. The first kappa shape index (κ1) is 59.5. The molecule has 2 N–H and O–H groups in total. The third kappa shape index (κ3) is 22.9. The first-order valence-corrected chi connectivity index (χ1v) is 21.8. The van der Waals surface area contributed by atoms with Crippen LogP contribution in [0, 0.1) is 0 Å². The van der Waals surface area contributed by atoms with Crippen LogP contribution < -0.4 is 10.6 Å². The van der Waals surface area contributed by atoms with E-state index in [4.69, 9.17) is 4.74 Å². The van der Waals surface area contributed by atoms with Crippen molar-refractivity contribution in [2.45, 2.75) is 113 Å². The number of ketones is 2. The summed E-state index contributed by atoms with van der Waals surface area (Å²) >= 11 is 0. The number of fused-ring (bicyclic) bond motifs is 1. The third-order valence-corrected chi connectivity index (χ3v) is 8.80. The summed E-state index contributed by atoms with van der Waals surface area (Å²) in [6.07, 6.45) is 7.23. The molecule has 4 rings (SSSR count). The number of aldehydes is 1. The zero-order valence-electron chi connectivity index (χ0n) is 39.6. The highest BCUT2D eigenvalue weighted by Gasteiger charge is 2.28. The Bertz CT molecular complexity index is 1660. The van der Waals surface area contributed by atoms with E-state index in [0.717, 1.165) is 67.2 Å². The summed E-state index contributed by atoms with van der Waals surface area (Å²) in [5.41, 5.74) is 5.55. The van der Waals surface area contributed by atoms with Crippen LogP contribution in [0.25, 0.3) is 11.1 Å². The minimum Gasteiger partial charge on any atom is -0.459 e. The highest BCUT2D eigenvalue weighted by molar-refractivity contribution is 6.00. The molecule has 0 saturated carbocycles. The Hall–Kier alpha value is -5.64. The number of methoxy groups -OCH3 is 3. The fraction of sp³-hybridized carbons (Fsp3) is 0.574. The molecule has 2 aromatic rings. The van der Waals surface area contributed by atoms with Crippen LogP contribution in [-0.2, 0) is 51.0 Å². The van der Waals surface area contributed by atoms with Crippen LogP contribution in [0.2, 0.25) is 0 Å². The summed E-state index contributed by atoms with van der Waals surface area (Å²) in [6, 6.07) is 10.9. The number of hydrogen-bond donors (Lipinski definition) is 2. The largest absolute Gasteiger partial charge is 0.459 e. The van der Waals surface area contributed by atoms with Crippen molar-refractivity contribution >= 4 is 48.3 Å². The minimum absolute atomic E-state index is 0.000509. The lowest BCUT2D eigenvalue weighted by Gasteiger charge is -2.20. The van der Waals surface area contributed by atoms with Gasteiger partial charge in [-0.2, -0.15) is 0 Å². The molecular weight excluding hydrogens is 813 g/mol. The summed E-state index contributed by atoms with van der Waals surface area (Å²) in [7, 11) is 3.99. The van der Waals surface area contributed by atoms with Crippen molar-refractivity contribution < 1.29 is 57.3 Å². The Kier molecular flexibility index (Phi) is 34.9. The molecule has 0 bridgehead atoms. The van der Waals surface area contributed by atoms with Crippen molar-refractivity contribution in [2.24, 2.45) is 0 Å². The third-order valence-electron chi connectivity index (χ3n) is 8.80. The number of likely N-dealkylation sites (N-methyl/N-ethyl adjacent to an activating group) is 1. The van der Waals surface area contributed by atoms with Gasteiger partial charge in [-0.15, -0.1) is 0 Å². The smallest absolute Gasteiger partial charge is 0.407 e. The Labute approximate surface area is 375 Å². The number of hydrogen-bond acceptors (Lipinski definition) is 12. The number of likely N-dealkylation sites (tertiary alicyclic amines) is 1. The van der Waals surface area contributed by atoms with Gasteiger partial charge in [0.25, 0.3) is 6.47 Å². The van der Waals surface area contributed by atoms with Crippen LogP contribution in [0.3, 0.4) is 0 Å². The number of Topliss-reactive ketones (excluding diaryl/α,β-unsaturated/α-hetero) is 2. The maximum atomic E-state index is 12.3. The molecule has 4 amide bonds. The van der Waals surface area contributed by atoms with E-state index in [1.54, 1.807) is 23.1 Å². The van der Waals surface area contributed by atoms with E-state index in [0.29, 0.717) is 37.1 Å². The predicted octanol–water partition coefficient (Wildman–Crippen LogP) is 7.02. The number of benzene rings is 2. The number of carbonyl (C=O) groups is 8. The van der Waals surface area contributed by atoms with E-state index >= 15 is 0 Å². The molecule has 354 valence electrons. The van der Waals surface area contributed by atoms with Crippen LogP contribution >= 0.6 is 0 Å². The summed E-state index contributed by atoms with van der Waals surface area (Å²) in [5.74, 6) is -0.572. The Morgan fingerprint density at radius 1 is 0.746 bits per heavy atom. The van der Waals surface area contributed by atoms with Gasteiger partial charge in [0.2, 0.25) is 17.6 Å². The van der Waals surface area contributed by atoms with Gasteiger partial charge in [-0.25, -0.2) is 9.59 Å². The number of carbonyl (C=O) groups excluding carboxylic acids is 8. The Morgan fingerprint density at radius 2 is 1.32 bits per heavy atom. The van der Waals surface area contributed by atoms with Crippen molar-refractivity contribution in [2.75, 3.05) is 67.3 Å². The Balaban J connectivity index is 0. The van der Waals surface area contributed by atoms with Gasteiger partial charge in [-0.3, -0.25) is 24.0 Å². The molecule has 1 fully saturated rings. The molecule has 1 aliphatic carbocycles. The van der Waals surface area contributed by atoms with Crippen LogP contribution in [0.15, 0.2) is 36.4 Å². The van der Waals surface area contributed by atoms with Crippen molar-refractivity contribution in [1.29, 1.82) is 0 Å². The molecule has 1 atom stereocenters. The lowest BCUT2D eigenvalue weighted by Crippen LogP contribution is -2.43. The zero-order valence-corrected chi connectivity index (χ0v) is 39.6. The predicted molar refractivity (Wildman–Crippen MR) is 244 cm³/mol. The molecular formula is C47H74N4O12. The van der Waals surface area contributed by atoms with Gasteiger partial charge in [-0.1, -0.05) is 97.7 Å². The first-order valence-electron chi connectivity index (χ1n) is 21.8. The number of alkyl carbamates (subject to hydrolysis) is 2. The Morgan fingerprint density at radius 3 is 1.83 bits per heavy atom. The number of amides is 4. The van der Waals surface area contributed by atoms with Gasteiger partial charge in [-0.05, 0) is 67.7 Å². The number of nitrogens with zero attached hydrogens (tertiary/aromatic N) is 2. The number of ether oxygens (including phenoxy) is 4. The molecule has 0 spiro atoms. The second-order valence-corrected chi connectivity index (χ2v) is 13.7. The highest BCUT2D eigenvalue weighted by atomic mass is 16.5. The van der Waals surface area contributed by atoms with E-state index in [2.05, 4.69) is 52.5 Å². The molecule has 63 heavy (non-hydrogen) atoms. The van der Waals surface area contributed by atoms with Crippen molar-refractivity contribution in [3.05, 3.63) is 58.7 Å². The van der Waals surface area contributed by atoms with Gasteiger partial charge in [0.05, 0.1) is 20.3 Å². The average molecular weight is 887 g/mol. The summed E-state index contributed by atoms with van der Waals surface area (Å²) < 4.78 is 18.2. The lowest BCUT2D eigenvalue weighted by atomic mass is 9.91. The molecule has 2 aromatic carbocycles. The SMILES string of the molecule is CC.CCC.CCC.CCCN(CC)C(=O)CNC(=O)OC.COC(=O)NCC(=O)N1CCCC1C=O.COCC(=O)c1ccc(-c2ccc(C(=O)COC=O)c3c2CCC3)cc1.